The Kier molecular flexibility index (Phi) is 6.47. The molecule has 1 aliphatic heterocycles. The van der Waals surface area contributed by atoms with Crippen molar-refractivity contribution in [1.29, 1.82) is 0 Å². The molecule has 1 aromatic carbocycles. The summed E-state index contributed by atoms with van der Waals surface area (Å²) in [6, 6.07) is 5.94. The molecule has 0 saturated heterocycles. The number of ether oxygens (including phenoxy) is 2. The lowest BCUT2D eigenvalue weighted by Gasteiger charge is -2.26. The molecule has 0 fully saturated rings. The van der Waals surface area contributed by atoms with E-state index in [4.69, 9.17) is 14.0 Å². The minimum Gasteiger partial charge on any atom is -0.490 e. The van der Waals surface area contributed by atoms with Crippen molar-refractivity contribution in [3.63, 3.8) is 0 Å². The highest BCUT2D eigenvalue weighted by atomic mass is 16.5. The molecule has 7 heteroatoms. The van der Waals surface area contributed by atoms with Crippen molar-refractivity contribution in [3.05, 3.63) is 35.0 Å². The third-order valence-electron chi connectivity index (χ3n) is 5.01. The summed E-state index contributed by atoms with van der Waals surface area (Å²) in [4.78, 5) is 13.7. The fraction of sp³-hybridized carbons (Fsp3) is 0.545. The number of hydrogen-bond donors (Lipinski definition) is 2. The molecule has 0 aliphatic carbocycles. The van der Waals surface area contributed by atoms with E-state index >= 15 is 0 Å². The Morgan fingerprint density at radius 2 is 1.79 bits per heavy atom. The number of anilines is 1. The van der Waals surface area contributed by atoms with E-state index in [0.717, 1.165) is 36.7 Å². The van der Waals surface area contributed by atoms with Gasteiger partial charge in [-0.25, -0.2) is 0 Å². The Balaban J connectivity index is 1.63. The quantitative estimate of drug-likeness (QED) is 0.743. The molecule has 2 aromatic rings. The summed E-state index contributed by atoms with van der Waals surface area (Å²) in [6.07, 6.45) is 0.904. The lowest BCUT2D eigenvalue weighted by atomic mass is 9.92. The second kappa shape index (κ2) is 8.86. The van der Waals surface area contributed by atoms with Crippen LogP contribution in [0.3, 0.4) is 0 Å². The molecule has 0 spiro atoms. The second-order valence-electron chi connectivity index (χ2n) is 8.41. The maximum absolute atomic E-state index is 12.5. The van der Waals surface area contributed by atoms with E-state index in [0.29, 0.717) is 25.6 Å². The first-order valence-electron chi connectivity index (χ1n) is 10.3. The van der Waals surface area contributed by atoms with Crippen LogP contribution in [0.2, 0.25) is 0 Å². The van der Waals surface area contributed by atoms with Gasteiger partial charge in [-0.3, -0.25) is 10.1 Å². The zero-order valence-corrected chi connectivity index (χ0v) is 18.1. The number of nitrogens with one attached hydrogen (secondary N) is 2. The third kappa shape index (κ3) is 5.29. The largest absolute Gasteiger partial charge is 0.490 e. The molecule has 1 aliphatic rings. The molecule has 158 valence electrons. The predicted molar refractivity (Wildman–Crippen MR) is 111 cm³/mol. The summed E-state index contributed by atoms with van der Waals surface area (Å²) in [5.41, 5.74) is 3.18. The zero-order valence-electron chi connectivity index (χ0n) is 18.1. The number of benzene rings is 1. The van der Waals surface area contributed by atoms with Crippen LogP contribution in [0, 0.1) is 0 Å². The maximum atomic E-state index is 12.5. The molecule has 0 radical (unpaired) electrons. The summed E-state index contributed by atoms with van der Waals surface area (Å²) in [5.74, 6) is 1.90. The average Bonchev–Trinajstić information content (AvgIpc) is 3.11. The zero-order chi connectivity index (χ0) is 21.0. The van der Waals surface area contributed by atoms with Crippen molar-refractivity contribution in [2.75, 3.05) is 31.6 Å². The minimum absolute atomic E-state index is 0.0731. The van der Waals surface area contributed by atoms with Crippen LogP contribution >= 0.6 is 0 Å². The SMILES string of the molecule is CCOc1cc2c(cc1OCC)C[NH+](CC(=O)Nc1cc(C(C)(C)C)no1)CC2. The molecular weight excluding hydrogens is 370 g/mol. The van der Waals surface area contributed by atoms with E-state index in [2.05, 4.69) is 43.4 Å². The van der Waals surface area contributed by atoms with Gasteiger partial charge in [0.15, 0.2) is 18.0 Å². The Morgan fingerprint density at radius 1 is 1.14 bits per heavy atom. The molecule has 7 nitrogen and oxygen atoms in total. The highest BCUT2D eigenvalue weighted by Gasteiger charge is 2.25. The number of amides is 1. The second-order valence-corrected chi connectivity index (χ2v) is 8.41. The number of carbonyl (C=O) groups is 1. The third-order valence-corrected chi connectivity index (χ3v) is 5.01. The van der Waals surface area contributed by atoms with E-state index in [1.165, 1.54) is 16.0 Å². The Bertz CT molecular complexity index is 854. The molecule has 1 amide bonds. The summed E-state index contributed by atoms with van der Waals surface area (Å²) >= 11 is 0. The topological polar surface area (TPSA) is 78.0 Å². The predicted octanol–water partition coefficient (Wildman–Crippen LogP) is 2.35. The Labute approximate surface area is 172 Å². The van der Waals surface area contributed by atoms with Crippen LogP contribution < -0.4 is 19.7 Å². The Morgan fingerprint density at radius 3 is 2.38 bits per heavy atom. The first kappa shape index (κ1) is 21.2. The molecular formula is C22H32N3O4+. The summed E-state index contributed by atoms with van der Waals surface area (Å²) in [7, 11) is 0. The first-order chi connectivity index (χ1) is 13.8. The van der Waals surface area contributed by atoms with Crippen LogP contribution in [-0.2, 0) is 23.2 Å². The molecule has 1 aromatic heterocycles. The van der Waals surface area contributed by atoms with Crippen molar-refractivity contribution in [1.82, 2.24) is 5.16 Å². The molecule has 0 bridgehead atoms. The molecule has 1 atom stereocenters. The lowest BCUT2D eigenvalue weighted by Crippen LogP contribution is -3.12. The van der Waals surface area contributed by atoms with Gasteiger partial charge in [0, 0.05) is 23.5 Å². The smallest absolute Gasteiger partial charge is 0.281 e. The first-order valence-corrected chi connectivity index (χ1v) is 10.3. The summed E-state index contributed by atoms with van der Waals surface area (Å²) in [5, 5.41) is 6.87. The maximum Gasteiger partial charge on any atom is 0.281 e. The Hall–Kier alpha value is -2.54. The highest BCUT2D eigenvalue weighted by Crippen LogP contribution is 2.32. The van der Waals surface area contributed by atoms with Gasteiger partial charge in [0.05, 0.1) is 25.5 Å². The van der Waals surface area contributed by atoms with Crippen LogP contribution in [0.4, 0.5) is 5.88 Å². The monoisotopic (exact) mass is 402 g/mol. The molecule has 2 heterocycles. The van der Waals surface area contributed by atoms with E-state index in [9.17, 15) is 4.79 Å². The van der Waals surface area contributed by atoms with Gasteiger partial charge in [-0.1, -0.05) is 25.9 Å². The van der Waals surface area contributed by atoms with Crippen LogP contribution in [0.1, 0.15) is 51.4 Å². The minimum atomic E-state index is -0.118. The number of fused-ring (bicyclic) bond motifs is 1. The number of quaternary nitrogens is 1. The summed E-state index contributed by atoms with van der Waals surface area (Å²) in [6.45, 7) is 13.3. The number of rotatable bonds is 7. The average molecular weight is 403 g/mol. The van der Waals surface area contributed by atoms with Crippen LogP contribution in [0.25, 0.3) is 0 Å². The van der Waals surface area contributed by atoms with Crippen molar-refractivity contribution in [2.24, 2.45) is 0 Å². The fourth-order valence-electron chi connectivity index (χ4n) is 3.49. The fourth-order valence-corrected chi connectivity index (χ4v) is 3.49. The number of hydrogen-bond acceptors (Lipinski definition) is 5. The van der Waals surface area contributed by atoms with Gasteiger partial charge in [-0.2, -0.15) is 0 Å². The molecule has 29 heavy (non-hydrogen) atoms. The number of aromatic nitrogens is 1. The van der Waals surface area contributed by atoms with Gasteiger partial charge in [0.2, 0.25) is 5.88 Å². The molecule has 0 saturated carbocycles. The van der Waals surface area contributed by atoms with Gasteiger partial charge >= 0.3 is 0 Å². The summed E-state index contributed by atoms with van der Waals surface area (Å²) < 4.78 is 16.7. The van der Waals surface area contributed by atoms with Crippen LogP contribution in [0.5, 0.6) is 11.5 Å². The van der Waals surface area contributed by atoms with Gasteiger partial charge in [0.25, 0.3) is 5.91 Å². The standard InChI is InChI=1S/C22H31N3O4/c1-6-27-17-10-15-8-9-25(13-16(15)11-18(17)28-7-2)14-20(26)23-21-12-19(24-29-21)22(3,4)5/h10-12H,6-9,13-14H2,1-5H3,(H,23,26)/p+1. The van der Waals surface area contributed by atoms with E-state index in [1.807, 2.05) is 13.8 Å². The molecule has 1 unspecified atom stereocenters. The molecule has 2 N–H and O–H groups in total. The molecule has 3 rings (SSSR count). The van der Waals surface area contributed by atoms with Crippen LogP contribution in [-0.4, -0.2) is 37.4 Å². The van der Waals surface area contributed by atoms with Gasteiger partial charge in [-0.05, 0) is 31.5 Å². The van der Waals surface area contributed by atoms with Crippen LogP contribution in [0.15, 0.2) is 22.7 Å². The van der Waals surface area contributed by atoms with E-state index in [1.54, 1.807) is 6.07 Å². The lowest BCUT2D eigenvalue weighted by molar-refractivity contribution is -0.907. The van der Waals surface area contributed by atoms with Gasteiger partial charge in [-0.15, -0.1) is 0 Å². The van der Waals surface area contributed by atoms with Crippen molar-refractivity contribution in [2.45, 2.75) is 53.0 Å². The van der Waals surface area contributed by atoms with Crippen molar-refractivity contribution < 1.29 is 23.7 Å². The van der Waals surface area contributed by atoms with E-state index in [-0.39, 0.29) is 11.3 Å². The number of nitrogens with zero attached hydrogens (tertiary/aromatic N) is 1. The number of carbonyl (C=O) groups excluding carboxylic acids is 1. The van der Waals surface area contributed by atoms with Gasteiger partial charge < -0.3 is 18.9 Å². The van der Waals surface area contributed by atoms with E-state index < -0.39 is 0 Å². The normalized spacial score (nSPS) is 16.2. The van der Waals surface area contributed by atoms with Crippen molar-refractivity contribution in [3.8, 4) is 11.5 Å². The highest BCUT2D eigenvalue weighted by molar-refractivity contribution is 5.90. The van der Waals surface area contributed by atoms with Crippen molar-refractivity contribution >= 4 is 11.8 Å². The van der Waals surface area contributed by atoms with Gasteiger partial charge in [0.1, 0.15) is 6.54 Å².